The van der Waals surface area contributed by atoms with Crippen LogP contribution in [0.4, 0.5) is 10.8 Å². The van der Waals surface area contributed by atoms with Crippen LogP contribution in [0.3, 0.4) is 0 Å². The Labute approximate surface area is 186 Å². The summed E-state index contributed by atoms with van der Waals surface area (Å²) in [5.74, 6) is -0.471. The molecule has 2 aliphatic rings. The van der Waals surface area contributed by atoms with E-state index in [1.54, 1.807) is 41.0 Å². The Morgan fingerprint density at radius 2 is 2.35 bits per heavy atom. The van der Waals surface area contributed by atoms with E-state index in [0.717, 1.165) is 17.7 Å². The van der Waals surface area contributed by atoms with Gasteiger partial charge >= 0.3 is 0 Å². The van der Waals surface area contributed by atoms with Crippen LogP contribution in [0, 0.1) is 0 Å². The highest BCUT2D eigenvalue weighted by molar-refractivity contribution is 7.89. The number of nitrogens with two attached hydrogens (primary N) is 1. The maximum absolute atomic E-state index is 13.0. The van der Waals surface area contributed by atoms with Crippen molar-refractivity contribution in [3.63, 3.8) is 0 Å². The fraction of sp³-hybridized carbons (Fsp3) is 0.300. The lowest BCUT2D eigenvalue weighted by molar-refractivity contribution is -0.120. The zero-order chi connectivity index (χ0) is 21.8. The van der Waals surface area contributed by atoms with Crippen LogP contribution in [-0.2, 0) is 22.7 Å². The number of aromatic nitrogens is 1. The van der Waals surface area contributed by atoms with Crippen molar-refractivity contribution in [2.24, 2.45) is 10.7 Å². The Hall–Kier alpha value is -2.73. The van der Waals surface area contributed by atoms with E-state index in [1.807, 2.05) is 0 Å². The van der Waals surface area contributed by atoms with Crippen molar-refractivity contribution in [2.45, 2.75) is 36.7 Å². The third-order valence-electron chi connectivity index (χ3n) is 5.00. The molecule has 0 radical (unpaired) electrons. The molecule has 1 fully saturated rings. The van der Waals surface area contributed by atoms with Gasteiger partial charge in [0.25, 0.3) is 5.91 Å². The van der Waals surface area contributed by atoms with Gasteiger partial charge in [0.05, 0.1) is 23.6 Å². The van der Waals surface area contributed by atoms with E-state index >= 15 is 0 Å². The highest BCUT2D eigenvalue weighted by Gasteiger charge is 2.41. The topological polar surface area (TPSA) is 136 Å². The normalized spacial score (nSPS) is 21.5. The van der Waals surface area contributed by atoms with E-state index < -0.39 is 17.4 Å². The number of carbonyl (C=O) groups excluding carboxylic acids is 2. The van der Waals surface area contributed by atoms with Crippen molar-refractivity contribution >= 4 is 51.5 Å². The first-order valence-electron chi connectivity index (χ1n) is 9.84. The van der Waals surface area contributed by atoms with Crippen LogP contribution in [-0.4, -0.2) is 44.5 Å². The molecule has 2 amide bonds. The molecular formula is C20H22N6O3S2. The third-order valence-corrected chi connectivity index (χ3v) is 7.50. The number of anilines is 1. The first-order valence-corrected chi connectivity index (χ1v) is 11.8. The van der Waals surface area contributed by atoms with Gasteiger partial charge in [-0.15, -0.1) is 4.31 Å². The molecule has 1 aromatic carbocycles. The number of benzene rings is 1. The van der Waals surface area contributed by atoms with Crippen molar-refractivity contribution in [1.82, 2.24) is 14.6 Å². The fourth-order valence-electron chi connectivity index (χ4n) is 3.49. The molecule has 3 heterocycles. The molecule has 31 heavy (non-hydrogen) atoms. The minimum atomic E-state index is -1.44. The molecule has 0 aliphatic carbocycles. The van der Waals surface area contributed by atoms with Crippen LogP contribution in [0.1, 0.15) is 34.5 Å². The van der Waals surface area contributed by atoms with Gasteiger partial charge in [0.1, 0.15) is 6.04 Å². The number of nitrogens with zero attached hydrogens (tertiary/aromatic N) is 3. The first-order chi connectivity index (χ1) is 15.1. The van der Waals surface area contributed by atoms with Crippen molar-refractivity contribution in [1.29, 1.82) is 0 Å². The Morgan fingerprint density at radius 3 is 3.19 bits per heavy atom. The molecule has 0 bridgehead atoms. The number of piperidine rings is 1. The molecule has 2 aromatic rings. The molecule has 2 aliphatic heterocycles. The zero-order valence-corrected chi connectivity index (χ0v) is 18.2. The van der Waals surface area contributed by atoms with Crippen LogP contribution < -0.4 is 16.4 Å². The van der Waals surface area contributed by atoms with Gasteiger partial charge in [0.2, 0.25) is 11.0 Å². The summed E-state index contributed by atoms with van der Waals surface area (Å²) >= 11 is -0.0832. The summed E-state index contributed by atoms with van der Waals surface area (Å²) in [6.45, 7) is 0.916. The Morgan fingerprint density at radius 1 is 1.48 bits per heavy atom. The Bertz CT molecular complexity index is 1040. The van der Waals surface area contributed by atoms with Crippen LogP contribution in [0.25, 0.3) is 0 Å². The minimum Gasteiger partial charge on any atom is -0.593 e. The van der Waals surface area contributed by atoms with Crippen molar-refractivity contribution in [3.8, 4) is 0 Å². The minimum absolute atomic E-state index is 0.174. The molecule has 0 spiro atoms. The van der Waals surface area contributed by atoms with Gasteiger partial charge in [-0.1, -0.05) is 11.3 Å². The highest BCUT2D eigenvalue weighted by Crippen LogP contribution is 2.34. The number of amides is 2. The number of rotatable bonds is 5. The number of thiazole rings is 1. The van der Waals surface area contributed by atoms with Gasteiger partial charge in [0.15, 0.2) is 4.90 Å². The number of hydrogen-bond acceptors (Lipinski definition) is 8. The smallest absolute Gasteiger partial charge is 0.251 e. The highest BCUT2D eigenvalue weighted by atomic mass is 32.2. The van der Waals surface area contributed by atoms with Crippen LogP contribution in [0.5, 0.6) is 0 Å². The van der Waals surface area contributed by atoms with Gasteiger partial charge in [-0.25, -0.2) is 9.98 Å². The lowest BCUT2D eigenvalue weighted by Crippen LogP contribution is -2.47. The maximum atomic E-state index is 13.0. The second-order valence-corrected chi connectivity index (χ2v) is 9.56. The first kappa shape index (κ1) is 21.5. The number of fused-ring (bicyclic) bond motifs is 2. The average molecular weight is 459 g/mol. The monoisotopic (exact) mass is 458 g/mol. The molecular weight excluding hydrogens is 436 g/mol. The van der Waals surface area contributed by atoms with Crippen LogP contribution in [0.2, 0.25) is 0 Å². The third kappa shape index (κ3) is 4.79. The molecule has 1 saturated heterocycles. The molecule has 11 heteroatoms. The van der Waals surface area contributed by atoms with E-state index in [9.17, 15) is 14.1 Å². The predicted molar refractivity (Wildman–Crippen MR) is 121 cm³/mol. The van der Waals surface area contributed by atoms with Crippen molar-refractivity contribution in [2.75, 3.05) is 11.9 Å². The lowest BCUT2D eigenvalue weighted by Gasteiger charge is -2.31. The second-order valence-electron chi connectivity index (χ2n) is 7.06. The number of nitrogens with one attached hydrogen (secondary N) is 2. The quantitative estimate of drug-likeness (QED) is 0.464. The van der Waals surface area contributed by atoms with Crippen molar-refractivity contribution in [3.05, 3.63) is 47.1 Å². The summed E-state index contributed by atoms with van der Waals surface area (Å²) in [6, 6.07) is 4.47. The summed E-state index contributed by atoms with van der Waals surface area (Å²) in [5.41, 5.74) is 6.06. The van der Waals surface area contributed by atoms with Gasteiger partial charge in [-0.05, 0) is 49.7 Å². The second kappa shape index (κ2) is 9.60. The summed E-state index contributed by atoms with van der Waals surface area (Å²) in [6.07, 6.45) is 8.70. The Balaban J connectivity index is 1.45. The lowest BCUT2D eigenvalue weighted by atomic mass is 10.0. The van der Waals surface area contributed by atoms with Gasteiger partial charge in [0, 0.05) is 29.4 Å². The van der Waals surface area contributed by atoms with Crippen molar-refractivity contribution < 1.29 is 14.1 Å². The molecule has 2 atom stereocenters. The summed E-state index contributed by atoms with van der Waals surface area (Å²) in [5, 5.41) is 6.26. The number of hydrogen-bond donors (Lipinski definition) is 3. The molecule has 9 nitrogen and oxygen atoms in total. The molecule has 0 saturated carbocycles. The fourth-order valence-corrected chi connectivity index (χ4v) is 5.66. The largest absolute Gasteiger partial charge is 0.593 e. The standard InChI is InChI=1S/C20H22N6O3S2/c21-7-3-8-22-20-24-12-14(30-20)11-23-18(27)13-5-6-17-15(10-13)25-19(28)16-4-1-2-9-26(16)31(17)29/h3,5-8,10,12,16H,1-2,4,9,11,21H2,(H,23,27)(H,25,28)/t16-,31?/m0/s1. The summed E-state index contributed by atoms with van der Waals surface area (Å²) in [4.78, 5) is 34.9. The molecule has 1 unspecified atom stereocenters. The summed E-state index contributed by atoms with van der Waals surface area (Å²) < 4.78 is 14.8. The van der Waals surface area contributed by atoms with E-state index in [1.165, 1.54) is 17.5 Å². The maximum Gasteiger partial charge on any atom is 0.251 e. The van der Waals surface area contributed by atoms with Crippen LogP contribution >= 0.6 is 11.3 Å². The number of allylic oxidation sites excluding steroid dienone is 1. The number of aliphatic imine (C=N–C) groups is 1. The molecule has 4 rings (SSSR count). The number of carbonyl (C=O) groups is 2. The van der Waals surface area contributed by atoms with E-state index in [2.05, 4.69) is 20.6 Å². The SMILES string of the molecule is NC=CC=Nc1ncc(CNC(=O)c2ccc3c(c2)NC(=O)[C@@H]2CCCCN2[S+]3[O-])s1. The van der Waals surface area contributed by atoms with Crippen LogP contribution in [0.15, 0.2) is 46.6 Å². The zero-order valence-electron chi connectivity index (χ0n) is 16.6. The Kier molecular flexibility index (Phi) is 6.66. The molecule has 1 aromatic heterocycles. The molecule has 4 N–H and O–H groups in total. The predicted octanol–water partition coefficient (Wildman–Crippen LogP) is 2.08. The molecule has 162 valence electrons. The summed E-state index contributed by atoms with van der Waals surface area (Å²) in [7, 11) is 0. The van der Waals surface area contributed by atoms with Gasteiger partial charge < -0.3 is 20.9 Å². The van der Waals surface area contributed by atoms with E-state index in [-0.39, 0.29) is 11.8 Å². The van der Waals surface area contributed by atoms with Gasteiger partial charge in [-0.3, -0.25) is 9.59 Å². The van der Waals surface area contributed by atoms with E-state index in [0.29, 0.717) is 40.8 Å². The van der Waals surface area contributed by atoms with Gasteiger partial charge in [-0.2, -0.15) is 0 Å². The van der Waals surface area contributed by atoms with E-state index in [4.69, 9.17) is 5.73 Å². The average Bonchev–Trinajstić information content (AvgIpc) is 3.21.